The predicted octanol–water partition coefficient (Wildman–Crippen LogP) is 3.14. The lowest BCUT2D eigenvalue weighted by Crippen LogP contribution is -2.39. The van der Waals surface area contributed by atoms with E-state index >= 15 is 0 Å². The molecular formula is C17H21ClN4O2S. The minimum Gasteiger partial charge on any atom is -0.314 e. The van der Waals surface area contributed by atoms with Gasteiger partial charge in [-0.2, -0.15) is 4.31 Å². The highest BCUT2D eigenvalue weighted by atomic mass is 35.5. The molecule has 2 aliphatic rings. The van der Waals surface area contributed by atoms with E-state index in [-0.39, 0.29) is 10.9 Å². The van der Waals surface area contributed by atoms with E-state index in [2.05, 4.69) is 14.8 Å². The molecule has 0 spiro atoms. The highest BCUT2D eigenvalue weighted by Crippen LogP contribution is 2.40. The predicted molar refractivity (Wildman–Crippen MR) is 95.2 cm³/mol. The number of piperidine rings is 1. The van der Waals surface area contributed by atoms with Crippen LogP contribution in [0.25, 0.3) is 0 Å². The molecule has 2 fully saturated rings. The van der Waals surface area contributed by atoms with Crippen LogP contribution < -0.4 is 0 Å². The van der Waals surface area contributed by atoms with E-state index in [0.29, 0.717) is 24.0 Å². The van der Waals surface area contributed by atoms with Gasteiger partial charge >= 0.3 is 0 Å². The van der Waals surface area contributed by atoms with Gasteiger partial charge in [0.1, 0.15) is 12.2 Å². The van der Waals surface area contributed by atoms with Crippen LogP contribution in [-0.4, -0.2) is 40.6 Å². The highest BCUT2D eigenvalue weighted by molar-refractivity contribution is 7.89. The van der Waals surface area contributed by atoms with Gasteiger partial charge in [0, 0.05) is 30.1 Å². The molecule has 1 aromatic heterocycles. The molecule has 0 amide bonds. The lowest BCUT2D eigenvalue weighted by molar-refractivity contribution is 0.270. The van der Waals surface area contributed by atoms with Crippen molar-refractivity contribution in [2.24, 2.45) is 0 Å². The molecule has 0 radical (unpaired) electrons. The fraction of sp³-hybridized carbons (Fsp3) is 0.529. The maximum absolute atomic E-state index is 12.9. The SMILES string of the molecule is Cc1ccc(S(=O)(=O)N2CCC(n3cnnc3C3CC3)CC2)cc1Cl. The van der Waals surface area contributed by atoms with Crippen molar-refractivity contribution < 1.29 is 8.42 Å². The second-order valence-electron chi connectivity index (χ2n) is 6.92. The molecule has 1 aliphatic heterocycles. The molecule has 1 saturated carbocycles. The minimum absolute atomic E-state index is 0.268. The largest absolute Gasteiger partial charge is 0.314 e. The van der Waals surface area contributed by atoms with Gasteiger partial charge in [-0.15, -0.1) is 10.2 Å². The van der Waals surface area contributed by atoms with Crippen molar-refractivity contribution in [1.29, 1.82) is 0 Å². The molecule has 1 aliphatic carbocycles. The van der Waals surface area contributed by atoms with Gasteiger partial charge in [-0.25, -0.2) is 8.42 Å². The fourth-order valence-electron chi connectivity index (χ4n) is 3.41. The van der Waals surface area contributed by atoms with Crippen LogP contribution in [0.1, 0.15) is 49.0 Å². The first-order chi connectivity index (χ1) is 12.0. The molecule has 0 unspecified atom stereocenters. The Morgan fingerprint density at radius 1 is 1.16 bits per heavy atom. The van der Waals surface area contributed by atoms with Crippen molar-refractivity contribution in [3.05, 3.63) is 40.9 Å². The number of nitrogens with zero attached hydrogens (tertiary/aromatic N) is 4. The number of halogens is 1. The van der Waals surface area contributed by atoms with Gasteiger partial charge in [-0.1, -0.05) is 17.7 Å². The number of rotatable bonds is 4. The van der Waals surface area contributed by atoms with Crippen molar-refractivity contribution >= 4 is 21.6 Å². The summed E-state index contributed by atoms with van der Waals surface area (Å²) in [4.78, 5) is 0.268. The van der Waals surface area contributed by atoms with E-state index in [1.807, 2.05) is 6.92 Å². The zero-order valence-corrected chi connectivity index (χ0v) is 15.7. The minimum atomic E-state index is -3.50. The van der Waals surface area contributed by atoms with Crippen LogP contribution in [0.3, 0.4) is 0 Å². The van der Waals surface area contributed by atoms with Crippen LogP contribution in [0.5, 0.6) is 0 Å². The van der Waals surface area contributed by atoms with Gasteiger partial charge in [0.15, 0.2) is 0 Å². The van der Waals surface area contributed by atoms with Crippen LogP contribution in [0.2, 0.25) is 5.02 Å². The van der Waals surface area contributed by atoms with Gasteiger partial charge < -0.3 is 4.57 Å². The molecule has 0 atom stereocenters. The molecule has 2 aromatic rings. The summed E-state index contributed by atoms with van der Waals surface area (Å²) in [5, 5.41) is 8.79. The third kappa shape index (κ3) is 3.20. The summed E-state index contributed by atoms with van der Waals surface area (Å²) >= 11 is 6.10. The molecule has 134 valence electrons. The van der Waals surface area contributed by atoms with Crippen LogP contribution in [0, 0.1) is 6.92 Å². The quantitative estimate of drug-likeness (QED) is 0.817. The molecule has 1 aromatic carbocycles. The second-order valence-corrected chi connectivity index (χ2v) is 9.26. The molecule has 8 heteroatoms. The van der Waals surface area contributed by atoms with Crippen molar-refractivity contribution in [3.8, 4) is 0 Å². The molecule has 1 saturated heterocycles. The standard InChI is InChI=1S/C17H21ClN4O2S/c1-12-2-5-15(10-16(12)18)25(23,24)21-8-6-14(7-9-21)22-11-19-20-17(22)13-3-4-13/h2,5,10-11,13-14H,3-4,6-9H2,1H3. The Morgan fingerprint density at radius 2 is 1.88 bits per heavy atom. The Morgan fingerprint density at radius 3 is 2.52 bits per heavy atom. The third-order valence-electron chi connectivity index (χ3n) is 5.14. The summed E-state index contributed by atoms with van der Waals surface area (Å²) in [6, 6.07) is 5.21. The van der Waals surface area contributed by atoms with E-state index in [9.17, 15) is 8.42 Å². The van der Waals surface area contributed by atoms with Crippen LogP contribution >= 0.6 is 11.6 Å². The summed E-state index contributed by atoms with van der Waals surface area (Å²) in [5.41, 5.74) is 0.875. The monoisotopic (exact) mass is 380 g/mol. The van der Waals surface area contributed by atoms with Gasteiger partial charge in [0.2, 0.25) is 10.0 Å². The Labute approximate surface area is 152 Å². The number of sulfonamides is 1. The fourth-order valence-corrected chi connectivity index (χ4v) is 5.15. The zero-order chi connectivity index (χ0) is 17.6. The average molecular weight is 381 g/mol. The van der Waals surface area contributed by atoms with Crippen LogP contribution in [-0.2, 0) is 10.0 Å². The first-order valence-corrected chi connectivity index (χ1v) is 10.4. The number of hydrogen-bond donors (Lipinski definition) is 0. The Bertz CT molecular complexity index is 884. The van der Waals surface area contributed by atoms with Crippen molar-refractivity contribution in [2.75, 3.05) is 13.1 Å². The first-order valence-electron chi connectivity index (χ1n) is 8.62. The number of aromatic nitrogens is 3. The molecule has 0 N–H and O–H groups in total. The first kappa shape index (κ1) is 17.0. The summed E-state index contributed by atoms with van der Waals surface area (Å²) < 4.78 is 29.4. The Kier molecular flexibility index (Phi) is 4.33. The Balaban J connectivity index is 1.49. The summed E-state index contributed by atoms with van der Waals surface area (Å²) in [6.45, 7) is 2.86. The molecular weight excluding hydrogens is 360 g/mol. The normalized spacial score (nSPS) is 20.1. The van der Waals surface area contributed by atoms with E-state index in [1.165, 1.54) is 12.8 Å². The topological polar surface area (TPSA) is 68.1 Å². The highest BCUT2D eigenvalue weighted by Gasteiger charge is 2.34. The lowest BCUT2D eigenvalue weighted by Gasteiger charge is -2.32. The summed E-state index contributed by atoms with van der Waals surface area (Å²) in [5.74, 6) is 1.60. The van der Waals surface area contributed by atoms with Crippen molar-refractivity contribution in [3.63, 3.8) is 0 Å². The molecule has 6 nitrogen and oxygen atoms in total. The van der Waals surface area contributed by atoms with Gasteiger partial charge in [0.25, 0.3) is 0 Å². The van der Waals surface area contributed by atoms with Crippen LogP contribution in [0.4, 0.5) is 0 Å². The number of hydrogen-bond acceptors (Lipinski definition) is 4. The zero-order valence-electron chi connectivity index (χ0n) is 14.1. The van der Waals surface area contributed by atoms with Gasteiger partial charge in [-0.3, -0.25) is 0 Å². The van der Waals surface area contributed by atoms with Crippen molar-refractivity contribution in [2.45, 2.75) is 49.5 Å². The molecule has 25 heavy (non-hydrogen) atoms. The van der Waals surface area contributed by atoms with E-state index in [1.54, 1.807) is 28.8 Å². The van der Waals surface area contributed by atoms with E-state index in [0.717, 1.165) is 24.2 Å². The second kappa shape index (κ2) is 6.37. The van der Waals surface area contributed by atoms with Crippen molar-refractivity contribution in [1.82, 2.24) is 19.1 Å². The summed E-state index contributed by atoms with van der Waals surface area (Å²) in [6.07, 6.45) is 5.70. The van der Waals surface area contributed by atoms with E-state index < -0.39 is 10.0 Å². The number of benzene rings is 1. The summed E-state index contributed by atoms with van der Waals surface area (Å²) in [7, 11) is -3.50. The van der Waals surface area contributed by atoms with Crippen LogP contribution in [0.15, 0.2) is 29.4 Å². The average Bonchev–Trinajstić information content (AvgIpc) is 3.34. The lowest BCUT2D eigenvalue weighted by atomic mass is 10.1. The number of aryl methyl sites for hydroxylation is 1. The van der Waals surface area contributed by atoms with Gasteiger partial charge in [0.05, 0.1) is 4.90 Å². The van der Waals surface area contributed by atoms with E-state index in [4.69, 9.17) is 11.6 Å². The molecule has 2 heterocycles. The maximum atomic E-state index is 12.9. The smallest absolute Gasteiger partial charge is 0.243 e. The Hall–Kier alpha value is -1.44. The molecule has 0 bridgehead atoms. The maximum Gasteiger partial charge on any atom is 0.243 e. The molecule has 4 rings (SSSR count). The third-order valence-corrected chi connectivity index (χ3v) is 7.44. The van der Waals surface area contributed by atoms with Gasteiger partial charge in [-0.05, 0) is 50.3 Å².